The average molecular weight is 257 g/mol. The Labute approximate surface area is 109 Å². The third-order valence-corrected chi connectivity index (χ3v) is 2.99. The minimum atomic E-state index is -0.0346. The molecule has 17 heavy (non-hydrogen) atoms. The highest BCUT2D eigenvalue weighted by atomic mass is 35.5. The van der Waals surface area contributed by atoms with Crippen molar-refractivity contribution in [1.82, 2.24) is 10.6 Å². The molecule has 0 aliphatic heterocycles. The fraction of sp³-hybridized carbons (Fsp3) is 0.538. The van der Waals surface area contributed by atoms with E-state index in [0.717, 1.165) is 29.5 Å². The molecule has 0 bridgehead atoms. The van der Waals surface area contributed by atoms with Crippen molar-refractivity contribution >= 4 is 11.6 Å². The monoisotopic (exact) mass is 256 g/mol. The number of nitrogens with one attached hydrogen (secondary N) is 2. The van der Waals surface area contributed by atoms with Gasteiger partial charge < -0.3 is 15.4 Å². The van der Waals surface area contributed by atoms with E-state index in [-0.39, 0.29) is 5.41 Å². The van der Waals surface area contributed by atoms with Crippen LogP contribution in [0.15, 0.2) is 18.2 Å². The van der Waals surface area contributed by atoms with Crippen LogP contribution in [0.4, 0.5) is 0 Å². The summed E-state index contributed by atoms with van der Waals surface area (Å²) in [5.74, 6) is 0.880. The predicted octanol–water partition coefficient (Wildman–Crippen LogP) is 2.39. The highest BCUT2D eigenvalue weighted by Crippen LogP contribution is 2.33. The Morgan fingerprint density at radius 3 is 2.65 bits per heavy atom. The van der Waals surface area contributed by atoms with Crippen LogP contribution in [-0.4, -0.2) is 27.4 Å². The third-order valence-electron chi connectivity index (χ3n) is 2.76. The Kier molecular flexibility index (Phi) is 5.25. The normalized spacial score (nSPS) is 11.6. The van der Waals surface area contributed by atoms with E-state index in [2.05, 4.69) is 24.5 Å². The predicted molar refractivity (Wildman–Crippen MR) is 73.0 cm³/mol. The van der Waals surface area contributed by atoms with Gasteiger partial charge in [0.15, 0.2) is 0 Å². The number of hydrogen-bond acceptors (Lipinski definition) is 3. The molecule has 96 valence electrons. The van der Waals surface area contributed by atoms with E-state index >= 15 is 0 Å². The van der Waals surface area contributed by atoms with E-state index in [1.807, 2.05) is 25.2 Å². The lowest BCUT2D eigenvalue weighted by molar-refractivity contribution is 0.384. The smallest absolute Gasteiger partial charge is 0.122 e. The summed E-state index contributed by atoms with van der Waals surface area (Å²) in [6, 6.07) is 5.74. The first-order valence-corrected chi connectivity index (χ1v) is 6.08. The standard InChI is InChI=1S/C13H21ClN2O/c1-13(2,8-16-9-15-3)11-7-10(14)5-6-12(11)17-4/h5-7,15-16H,8-9H2,1-4H3. The maximum Gasteiger partial charge on any atom is 0.122 e. The lowest BCUT2D eigenvalue weighted by Gasteiger charge is -2.27. The molecule has 0 heterocycles. The second-order valence-electron chi connectivity index (χ2n) is 4.69. The molecule has 0 amide bonds. The van der Waals surface area contributed by atoms with Crippen LogP contribution in [0.25, 0.3) is 0 Å². The summed E-state index contributed by atoms with van der Waals surface area (Å²) in [6.07, 6.45) is 0. The molecular weight excluding hydrogens is 236 g/mol. The molecule has 1 rings (SSSR count). The van der Waals surface area contributed by atoms with Crippen molar-refractivity contribution < 1.29 is 4.74 Å². The minimum absolute atomic E-state index is 0.0346. The molecule has 0 atom stereocenters. The van der Waals surface area contributed by atoms with Gasteiger partial charge in [0.05, 0.1) is 7.11 Å². The Morgan fingerprint density at radius 2 is 2.06 bits per heavy atom. The number of hydrogen-bond donors (Lipinski definition) is 2. The number of rotatable bonds is 6. The molecule has 0 spiro atoms. The number of methoxy groups -OCH3 is 1. The van der Waals surface area contributed by atoms with Crippen LogP contribution >= 0.6 is 11.6 Å². The number of ether oxygens (including phenoxy) is 1. The van der Waals surface area contributed by atoms with Crippen molar-refractivity contribution in [2.75, 3.05) is 27.4 Å². The first kappa shape index (κ1) is 14.3. The zero-order valence-corrected chi connectivity index (χ0v) is 11.7. The summed E-state index contributed by atoms with van der Waals surface area (Å²) in [7, 11) is 3.60. The maximum absolute atomic E-state index is 6.05. The van der Waals surface area contributed by atoms with Crippen LogP contribution < -0.4 is 15.4 Å². The average Bonchev–Trinajstić information content (AvgIpc) is 2.29. The van der Waals surface area contributed by atoms with Crippen LogP contribution in [0, 0.1) is 0 Å². The molecule has 4 heteroatoms. The van der Waals surface area contributed by atoms with Crippen molar-refractivity contribution in [3.63, 3.8) is 0 Å². The second-order valence-corrected chi connectivity index (χ2v) is 5.12. The number of benzene rings is 1. The van der Waals surface area contributed by atoms with Crippen molar-refractivity contribution in [3.05, 3.63) is 28.8 Å². The van der Waals surface area contributed by atoms with Gasteiger partial charge in [-0.1, -0.05) is 25.4 Å². The van der Waals surface area contributed by atoms with Gasteiger partial charge in [-0.2, -0.15) is 0 Å². The summed E-state index contributed by atoms with van der Waals surface area (Å²) in [5, 5.41) is 7.14. The van der Waals surface area contributed by atoms with Gasteiger partial charge in [0.25, 0.3) is 0 Å². The van der Waals surface area contributed by atoms with E-state index in [0.29, 0.717) is 0 Å². The molecule has 0 radical (unpaired) electrons. The Hall–Kier alpha value is -0.770. The van der Waals surface area contributed by atoms with Crippen LogP contribution in [0.3, 0.4) is 0 Å². The van der Waals surface area contributed by atoms with Crippen LogP contribution in [0.1, 0.15) is 19.4 Å². The van der Waals surface area contributed by atoms with E-state index < -0.39 is 0 Å². The topological polar surface area (TPSA) is 33.3 Å². The van der Waals surface area contributed by atoms with Crippen molar-refractivity contribution in [3.8, 4) is 5.75 Å². The molecule has 2 N–H and O–H groups in total. The van der Waals surface area contributed by atoms with Gasteiger partial charge in [-0.05, 0) is 25.2 Å². The van der Waals surface area contributed by atoms with Gasteiger partial charge in [0.1, 0.15) is 5.75 Å². The molecule has 0 aliphatic rings. The van der Waals surface area contributed by atoms with Gasteiger partial charge in [-0.25, -0.2) is 0 Å². The molecule has 0 aliphatic carbocycles. The summed E-state index contributed by atoms with van der Waals surface area (Å²) in [4.78, 5) is 0. The largest absolute Gasteiger partial charge is 0.496 e. The summed E-state index contributed by atoms with van der Waals surface area (Å²) in [5.41, 5.74) is 1.09. The van der Waals surface area contributed by atoms with Crippen LogP contribution in [0.2, 0.25) is 5.02 Å². The second kappa shape index (κ2) is 6.24. The van der Waals surface area contributed by atoms with Crippen molar-refractivity contribution in [2.24, 2.45) is 0 Å². The highest BCUT2D eigenvalue weighted by Gasteiger charge is 2.24. The van der Waals surface area contributed by atoms with E-state index in [1.54, 1.807) is 7.11 Å². The van der Waals surface area contributed by atoms with Crippen LogP contribution in [-0.2, 0) is 5.41 Å². The Bertz CT molecular complexity index is 366. The molecule has 3 nitrogen and oxygen atoms in total. The third kappa shape index (κ3) is 3.87. The van der Waals surface area contributed by atoms with Gasteiger partial charge in [0, 0.05) is 29.2 Å². The molecule has 0 fully saturated rings. The molecule has 0 unspecified atom stereocenters. The zero-order valence-electron chi connectivity index (χ0n) is 10.9. The summed E-state index contributed by atoms with van der Waals surface area (Å²) < 4.78 is 5.39. The lowest BCUT2D eigenvalue weighted by atomic mass is 9.84. The van der Waals surface area contributed by atoms with Crippen LogP contribution in [0.5, 0.6) is 5.75 Å². The highest BCUT2D eigenvalue weighted by molar-refractivity contribution is 6.30. The molecule has 0 saturated heterocycles. The van der Waals surface area contributed by atoms with Crippen molar-refractivity contribution in [2.45, 2.75) is 19.3 Å². The molecular formula is C13H21ClN2O. The molecule has 1 aromatic carbocycles. The minimum Gasteiger partial charge on any atom is -0.496 e. The quantitative estimate of drug-likeness (QED) is 0.606. The molecule has 1 aromatic rings. The fourth-order valence-electron chi connectivity index (χ4n) is 1.80. The Balaban J connectivity index is 2.91. The fourth-order valence-corrected chi connectivity index (χ4v) is 1.98. The first-order chi connectivity index (χ1) is 8.01. The molecule has 0 saturated carbocycles. The van der Waals surface area contributed by atoms with E-state index in [1.165, 1.54) is 0 Å². The van der Waals surface area contributed by atoms with Gasteiger partial charge >= 0.3 is 0 Å². The SMILES string of the molecule is CNCNCC(C)(C)c1cc(Cl)ccc1OC. The van der Waals surface area contributed by atoms with Crippen molar-refractivity contribution in [1.29, 1.82) is 0 Å². The summed E-state index contributed by atoms with van der Waals surface area (Å²) >= 11 is 6.05. The maximum atomic E-state index is 6.05. The van der Waals surface area contributed by atoms with Gasteiger partial charge in [-0.15, -0.1) is 0 Å². The Morgan fingerprint density at radius 1 is 1.35 bits per heavy atom. The first-order valence-electron chi connectivity index (χ1n) is 5.70. The molecule has 0 aromatic heterocycles. The summed E-state index contributed by atoms with van der Waals surface area (Å²) in [6.45, 7) is 5.98. The number of halogens is 1. The lowest BCUT2D eigenvalue weighted by Crippen LogP contribution is -2.37. The zero-order chi connectivity index (χ0) is 12.9. The van der Waals surface area contributed by atoms with E-state index in [4.69, 9.17) is 16.3 Å². The van der Waals surface area contributed by atoms with E-state index in [9.17, 15) is 0 Å². The van der Waals surface area contributed by atoms with Gasteiger partial charge in [0.2, 0.25) is 0 Å². The van der Waals surface area contributed by atoms with Gasteiger partial charge in [-0.3, -0.25) is 0 Å².